The first-order chi connectivity index (χ1) is 7.24. The summed E-state index contributed by atoms with van der Waals surface area (Å²) in [6, 6.07) is 6.85. The summed E-state index contributed by atoms with van der Waals surface area (Å²) in [7, 11) is 1.99. The molecule has 0 saturated heterocycles. The lowest BCUT2D eigenvalue weighted by atomic mass is 10.2. The number of aryl methyl sites for hydroxylation is 1. The second kappa shape index (κ2) is 4.29. The molecule has 15 heavy (non-hydrogen) atoms. The van der Waals surface area contributed by atoms with Gasteiger partial charge in [-0.25, -0.2) is 4.98 Å². The van der Waals surface area contributed by atoms with Gasteiger partial charge in [0.2, 0.25) is 0 Å². The number of nitrogens with one attached hydrogen (secondary N) is 1. The van der Waals surface area contributed by atoms with Crippen LogP contribution in [0.4, 0.5) is 0 Å². The average Bonchev–Trinajstić information content (AvgIpc) is 2.62. The van der Waals surface area contributed by atoms with E-state index in [4.69, 9.17) is 0 Å². The van der Waals surface area contributed by atoms with Crippen LogP contribution < -0.4 is 5.32 Å². The van der Waals surface area contributed by atoms with Gasteiger partial charge in [-0.05, 0) is 38.1 Å². The zero-order chi connectivity index (χ0) is 10.8. The fraction of sp³-hybridized carbons (Fsp3) is 0.417. The predicted octanol–water partition coefficient (Wildman–Crippen LogP) is 3.28. The van der Waals surface area contributed by atoms with E-state index in [1.54, 1.807) is 11.3 Å². The number of hydrogen-bond donors (Lipinski definition) is 1. The van der Waals surface area contributed by atoms with Gasteiger partial charge in [0.1, 0.15) is 5.01 Å². The van der Waals surface area contributed by atoms with Gasteiger partial charge >= 0.3 is 0 Å². The standard InChI is InChI=1S/C12H16N2S/c1-4-9(13-3)12-14-10-7-8(2)5-6-11(10)15-12/h5-7,9,13H,4H2,1-3H3. The number of nitrogens with zero attached hydrogens (tertiary/aromatic N) is 1. The highest BCUT2D eigenvalue weighted by molar-refractivity contribution is 7.18. The first kappa shape index (κ1) is 10.6. The molecule has 0 fully saturated rings. The van der Waals surface area contributed by atoms with Gasteiger partial charge in [-0.3, -0.25) is 0 Å². The van der Waals surface area contributed by atoms with Gasteiger partial charge < -0.3 is 5.32 Å². The topological polar surface area (TPSA) is 24.9 Å². The summed E-state index contributed by atoms with van der Waals surface area (Å²) in [4.78, 5) is 4.67. The third-order valence-corrected chi connectivity index (χ3v) is 3.76. The van der Waals surface area contributed by atoms with Crippen LogP contribution in [0, 0.1) is 6.92 Å². The van der Waals surface area contributed by atoms with Crippen molar-refractivity contribution in [3.05, 3.63) is 28.8 Å². The minimum absolute atomic E-state index is 0.391. The van der Waals surface area contributed by atoms with E-state index in [0.717, 1.165) is 11.9 Å². The second-order valence-electron chi connectivity index (χ2n) is 3.77. The molecular formula is C12H16N2S. The maximum absolute atomic E-state index is 4.67. The average molecular weight is 220 g/mol. The summed E-state index contributed by atoms with van der Waals surface area (Å²) < 4.78 is 1.28. The Labute approximate surface area is 94.3 Å². The van der Waals surface area contributed by atoms with Crippen molar-refractivity contribution in [1.82, 2.24) is 10.3 Å². The predicted molar refractivity (Wildman–Crippen MR) is 66.4 cm³/mol. The van der Waals surface area contributed by atoms with E-state index in [1.165, 1.54) is 15.3 Å². The molecule has 3 heteroatoms. The summed E-state index contributed by atoms with van der Waals surface area (Å²) in [5.41, 5.74) is 2.40. The quantitative estimate of drug-likeness (QED) is 0.858. The van der Waals surface area contributed by atoms with Gasteiger partial charge in [-0.1, -0.05) is 13.0 Å². The molecule has 1 heterocycles. The molecule has 80 valence electrons. The number of hydrogen-bond acceptors (Lipinski definition) is 3. The molecule has 1 aromatic heterocycles. The number of aromatic nitrogens is 1. The third-order valence-electron chi connectivity index (χ3n) is 2.61. The van der Waals surface area contributed by atoms with E-state index in [2.05, 4.69) is 42.3 Å². The van der Waals surface area contributed by atoms with Crippen molar-refractivity contribution < 1.29 is 0 Å². The summed E-state index contributed by atoms with van der Waals surface area (Å²) >= 11 is 1.79. The van der Waals surface area contributed by atoms with Gasteiger partial charge in [0, 0.05) is 0 Å². The van der Waals surface area contributed by atoms with E-state index in [9.17, 15) is 0 Å². The molecule has 0 aliphatic rings. The number of thiazole rings is 1. The van der Waals surface area contributed by atoms with Crippen LogP contribution in [-0.2, 0) is 0 Å². The fourth-order valence-electron chi connectivity index (χ4n) is 1.71. The van der Waals surface area contributed by atoms with E-state index in [0.29, 0.717) is 6.04 Å². The molecule has 2 nitrogen and oxygen atoms in total. The molecule has 0 radical (unpaired) electrons. The Morgan fingerprint density at radius 3 is 2.93 bits per heavy atom. The van der Waals surface area contributed by atoms with Crippen LogP contribution in [-0.4, -0.2) is 12.0 Å². The van der Waals surface area contributed by atoms with E-state index in [-0.39, 0.29) is 0 Å². The van der Waals surface area contributed by atoms with E-state index >= 15 is 0 Å². The van der Waals surface area contributed by atoms with Crippen molar-refractivity contribution in [2.75, 3.05) is 7.05 Å². The molecule has 1 atom stereocenters. The molecule has 2 rings (SSSR count). The molecule has 0 amide bonds. The van der Waals surface area contributed by atoms with Gasteiger partial charge in [-0.15, -0.1) is 11.3 Å². The van der Waals surface area contributed by atoms with Crippen LogP contribution in [0.5, 0.6) is 0 Å². The Morgan fingerprint density at radius 1 is 1.47 bits per heavy atom. The Kier molecular flexibility index (Phi) is 3.03. The van der Waals surface area contributed by atoms with Crippen molar-refractivity contribution in [3.63, 3.8) is 0 Å². The zero-order valence-corrected chi connectivity index (χ0v) is 10.2. The highest BCUT2D eigenvalue weighted by Crippen LogP contribution is 2.28. The van der Waals surface area contributed by atoms with Gasteiger partial charge in [0.15, 0.2) is 0 Å². The maximum atomic E-state index is 4.67. The van der Waals surface area contributed by atoms with Crippen molar-refractivity contribution >= 4 is 21.6 Å². The Balaban J connectivity index is 2.46. The van der Waals surface area contributed by atoms with Crippen molar-refractivity contribution in [1.29, 1.82) is 0 Å². The number of rotatable bonds is 3. The maximum Gasteiger partial charge on any atom is 0.111 e. The lowest BCUT2D eigenvalue weighted by Crippen LogP contribution is -2.14. The normalized spacial score (nSPS) is 13.3. The van der Waals surface area contributed by atoms with E-state index in [1.807, 2.05) is 7.05 Å². The van der Waals surface area contributed by atoms with Gasteiger partial charge in [0.25, 0.3) is 0 Å². The molecule has 1 N–H and O–H groups in total. The van der Waals surface area contributed by atoms with Crippen LogP contribution in [0.25, 0.3) is 10.2 Å². The fourth-order valence-corrected chi connectivity index (χ4v) is 2.85. The molecule has 0 spiro atoms. The van der Waals surface area contributed by atoms with Gasteiger partial charge in [0.05, 0.1) is 16.3 Å². The highest BCUT2D eigenvalue weighted by atomic mass is 32.1. The Bertz CT molecular complexity index is 458. The van der Waals surface area contributed by atoms with E-state index < -0.39 is 0 Å². The van der Waals surface area contributed by atoms with Crippen LogP contribution in [0.1, 0.15) is 30.0 Å². The number of benzene rings is 1. The molecule has 1 unspecified atom stereocenters. The molecule has 0 bridgehead atoms. The molecular weight excluding hydrogens is 204 g/mol. The smallest absolute Gasteiger partial charge is 0.111 e. The third kappa shape index (κ3) is 2.03. The van der Waals surface area contributed by atoms with Crippen LogP contribution in [0.15, 0.2) is 18.2 Å². The van der Waals surface area contributed by atoms with Gasteiger partial charge in [-0.2, -0.15) is 0 Å². The minimum atomic E-state index is 0.391. The highest BCUT2D eigenvalue weighted by Gasteiger charge is 2.11. The molecule has 0 aliphatic heterocycles. The van der Waals surface area contributed by atoms with Crippen LogP contribution in [0.2, 0.25) is 0 Å². The Morgan fingerprint density at radius 2 is 2.27 bits per heavy atom. The second-order valence-corrected chi connectivity index (χ2v) is 4.84. The van der Waals surface area contributed by atoms with Crippen molar-refractivity contribution in [2.24, 2.45) is 0 Å². The van der Waals surface area contributed by atoms with Crippen LogP contribution >= 0.6 is 11.3 Å². The summed E-state index contributed by atoms with van der Waals surface area (Å²) in [5.74, 6) is 0. The summed E-state index contributed by atoms with van der Waals surface area (Å²) in [6.45, 7) is 4.28. The first-order valence-electron chi connectivity index (χ1n) is 5.29. The van der Waals surface area contributed by atoms with Crippen molar-refractivity contribution in [2.45, 2.75) is 26.3 Å². The summed E-state index contributed by atoms with van der Waals surface area (Å²) in [5, 5.41) is 4.49. The largest absolute Gasteiger partial charge is 0.311 e. The molecule has 0 aliphatic carbocycles. The monoisotopic (exact) mass is 220 g/mol. The van der Waals surface area contributed by atoms with Crippen LogP contribution in [0.3, 0.4) is 0 Å². The lowest BCUT2D eigenvalue weighted by molar-refractivity contribution is 0.574. The molecule has 2 aromatic rings. The van der Waals surface area contributed by atoms with Crippen molar-refractivity contribution in [3.8, 4) is 0 Å². The summed E-state index contributed by atoms with van der Waals surface area (Å²) in [6.07, 6.45) is 1.08. The number of fused-ring (bicyclic) bond motifs is 1. The molecule has 1 aromatic carbocycles. The SMILES string of the molecule is CCC(NC)c1nc2cc(C)ccc2s1. The first-order valence-corrected chi connectivity index (χ1v) is 6.10. The Hall–Kier alpha value is -0.930. The molecule has 0 saturated carbocycles. The lowest BCUT2D eigenvalue weighted by Gasteiger charge is -2.08. The zero-order valence-electron chi connectivity index (χ0n) is 9.37. The minimum Gasteiger partial charge on any atom is -0.311 e.